The van der Waals surface area contributed by atoms with Crippen LogP contribution in [0, 0.1) is 11.3 Å². The molecule has 5 nitrogen and oxygen atoms in total. The second-order valence-corrected chi connectivity index (χ2v) is 3.88. The van der Waals surface area contributed by atoms with Gasteiger partial charge in [-0.1, -0.05) is 6.07 Å². The molecule has 2 aromatic rings. The van der Waals surface area contributed by atoms with Gasteiger partial charge in [0.25, 0.3) is 5.91 Å². The molecule has 0 spiro atoms. The lowest BCUT2D eigenvalue weighted by molar-refractivity contribution is 0.0949. The average Bonchev–Trinajstić information content (AvgIpc) is 2.48. The Bertz CT molecular complexity index is 604. The molecule has 0 aliphatic heterocycles. The molecule has 0 fully saturated rings. The number of aromatic nitrogens is 2. The van der Waals surface area contributed by atoms with Gasteiger partial charge in [-0.3, -0.25) is 9.78 Å². The number of carbonyl (C=O) groups is 1. The quantitative estimate of drug-likeness (QED) is 0.890. The lowest BCUT2D eigenvalue weighted by Crippen LogP contribution is -2.26. The molecule has 0 unspecified atom stereocenters. The van der Waals surface area contributed by atoms with E-state index in [1.165, 1.54) is 0 Å². The van der Waals surface area contributed by atoms with Crippen LogP contribution in [0.3, 0.4) is 0 Å². The summed E-state index contributed by atoms with van der Waals surface area (Å²) in [6.45, 7) is 0.515. The first kappa shape index (κ1) is 12.7. The molecule has 1 amide bonds. The van der Waals surface area contributed by atoms with Gasteiger partial charge in [-0.25, -0.2) is 4.98 Å². The first-order chi connectivity index (χ1) is 9.29. The molecular weight excluding hydrogens is 240 g/mol. The number of nitriles is 1. The summed E-state index contributed by atoms with van der Waals surface area (Å²) in [6, 6.07) is 10.5. The number of hydrogen-bond donors (Lipinski definition) is 1. The number of pyridine rings is 2. The summed E-state index contributed by atoms with van der Waals surface area (Å²) in [4.78, 5) is 19.7. The van der Waals surface area contributed by atoms with Crippen molar-refractivity contribution in [2.45, 2.75) is 6.42 Å². The highest BCUT2D eigenvalue weighted by Crippen LogP contribution is 1.99. The minimum atomic E-state index is -0.272. The Labute approximate surface area is 110 Å². The molecule has 0 saturated heterocycles. The maximum atomic E-state index is 11.8. The summed E-state index contributed by atoms with van der Waals surface area (Å²) in [5.74, 6) is -0.272. The van der Waals surface area contributed by atoms with Crippen LogP contribution in [0.15, 0.2) is 42.7 Å². The molecule has 0 aliphatic rings. The first-order valence-corrected chi connectivity index (χ1v) is 5.84. The summed E-state index contributed by atoms with van der Waals surface area (Å²) in [7, 11) is 0. The van der Waals surface area contributed by atoms with Crippen molar-refractivity contribution in [1.82, 2.24) is 15.3 Å². The molecule has 0 atom stereocenters. The van der Waals surface area contributed by atoms with Crippen molar-refractivity contribution >= 4 is 5.91 Å². The highest BCUT2D eigenvalue weighted by molar-refractivity contribution is 5.92. The van der Waals surface area contributed by atoms with Crippen LogP contribution < -0.4 is 5.32 Å². The Hall–Kier alpha value is -2.74. The van der Waals surface area contributed by atoms with Gasteiger partial charge in [0.15, 0.2) is 0 Å². The third-order valence-corrected chi connectivity index (χ3v) is 2.54. The first-order valence-electron chi connectivity index (χ1n) is 5.84. The van der Waals surface area contributed by atoms with Crippen LogP contribution in [-0.2, 0) is 6.42 Å². The van der Waals surface area contributed by atoms with Gasteiger partial charge >= 0.3 is 0 Å². The van der Waals surface area contributed by atoms with Crippen LogP contribution in [0.5, 0.6) is 0 Å². The van der Waals surface area contributed by atoms with E-state index < -0.39 is 0 Å². The average molecular weight is 252 g/mol. The number of amides is 1. The maximum absolute atomic E-state index is 11.8. The maximum Gasteiger partial charge on any atom is 0.269 e. The summed E-state index contributed by atoms with van der Waals surface area (Å²) in [5, 5.41) is 11.5. The second-order valence-electron chi connectivity index (χ2n) is 3.88. The number of nitrogens with one attached hydrogen (secondary N) is 1. The minimum Gasteiger partial charge on any atom is -0.350 e. The van der Waals surface area contributed by atoms with Crippen molar-refractivity contribution in [3.63, 3.8) is 0 Å². The molecule has 0 bridgehead atoms. The monoisotopic (exact) mass is 252 g/mol. The van der Waals surface area contributed by atoms with Crippen molar-refractivity contribution in [2.75, 3.05) is 6.54 Å². The predicted molar refractivity (Wildman–Crippen MR) is 69.2 cm³/mol. The van der Waals surface area contributed by atoms with Crippen molar-refractivity contribution in [3.8, 4) is 6.07 Å². The van der Waals surface area contributed by atoms with E-state index in [4.69, 9.17) is 5.26 Å². The Morgan fingerprint density at radius 1 is 1.26 bits per heavy atom. The smallest absolute Gasteiger partial charge is 0.269 e. The molecule has 0 radical (unpaired) electrons. The van der Waals surface area contributed by atoms with Gasteiger partial charge in [-0.15, -0.1) is 0 Å². The summed E-state index contributed by atoms with van der Waals surface area (Å²) < 4.78 is 0. The molecule has 2 heterocycles. The van der Waals surface area contributed by atoms with Gasteiger partial charge < -0.3 is 5.32 Å². The fourth-order valence-corrected chi connectivity index (χ4v) is 1.58. The van der Waals surface area contributed by atoms with Crippen molar-refractivity contribution < 1.29 is 4.79 Å². The van der Waals surface area contributed by atoms with Crippen LogP contribution in [0.4, 0.5) is 0 Å². The number of rotatable bonds is 4. The standard InChI is InChI=1S/C14H12N4O/c15-10-12-2-1-3-13(18-12)14(19)17-9-6-11-4-7-16-8-5-11/h1-5,7-8H,6,9H2,(H,17,19). The molecule has 2 aromatic heterocycles. The normalized spacial score (nSPS) is 9.63. The molecule has 1 N–H and O–H groups in total. The van der Waals surface area contributed by atoms with Crippen molar-refractivity contribution in [3.05, 3.63) is 59.7 Å². The zero-order valence-electron chi connectivity index (χ0n) is 10.2. The van der Waals surface area contributed by atoms with Crippen LogP contribution in [0.1, 0.15) is 21.7 Å². The van der Waals surface area contributed by atoms with E-state index in [-0.39, 0.29) is 17.3 Å². The van der Waals surface area contributed by atoms with Gasteiger partial charge in [0, 0.05) is 18.9 Å². The Balaban J connectivity index is 1.89. The van der Waals surface area contributed by atoms with E-state index in [2.05, 4.69) is 15.3 Å². The minimum absolute atomic E-state index is 0.238. The lowest BCUT2D eigenvalue weighted by Gasteiger charge is -2.04. The fraction of sp³-hybridized carbons (Fsp3) is 0.143. The van der Waals surface area contributed by atoms with Gasteiger partial charge in [-0.05, 0) is 36.2 Å². The summed E-state index contributed by atoms with van der Waals surface area (Å²) >= 11 is 0. The molecule has 19 heavy (non-hydrogen) atoms. The number of hydrogen-bond acceptors (Lipinski definition) is 4. The largest absolute Gasteiger partial charge is 0.350 e. The van der Waals surface area contributed by atoms with Gasteiger partial charge in [0.1, 0.15) is 17.5 Å². The molecule has 2 rings (SSSR count). The van der Waals surface area contributed by atoms with Crippen molar-refractivity contribution in [2.24, 2.45) is 0 Å². The Morgan fingerprint density at radius 3 is 2.79 bits per heavy atom. The third-order valence-electron chi connectivity index (χ3n) is 2.54. The zero-order valence-corrected chi connectivity index (χ0v) is 10.2. The van der Waals surface area contributed by atoms with Crippen LogP contribution >= 0.6 is 0 Å². The molecule has 94 valence electrons. The third kappa shape index (κ3) is 3.61. The van der Waals surface area contributed by atoms with Crippen molar-refractivity contribution in [1.29, 1.82) is 5.26 Å². The van der Waals surface area contributed by atoms with Crippen LogP contribution in [-0.4, -0.2) is 22.4 Å². The van der Waals surface area contributed by atoms with E-state index in [0.717, 1.165) is 12.0 Å². The van der Waals surface area contributed by atoms with E-state index in [9.17, 15) is 4.79 Å². The van der Waals surface area contributed by atoms with Gasteiger partial charge in [0.2, 0.25) is 0 Å². The van der Waals surface area contributed by atoms with Gasteiger partial charge in [0.05, 0.1) is 0 Å². The van der Waals surface area contributed by atoms with E-state index in [0.29, 0.717) is 6.54 Å². The second kappa shape index (κ2) is 6.26. The fourth-order valence-electron chi connectivity index (χ4n) is 1.58. The molecule has 0 aliphatic carbocycles. The highest BCUT2D eigenvalue weighted by Gasteiger charge is 2.07. The van der Waals surface area contributed by atoms with Crippen LogP contribution in [0.2, 0.25) is 0 Å². The molecule has 0 saturated carbocycles. The summed E-state index contributed by atoms with van der Waals surface area (Å²) in [5.41, 5.74) is 1.60. The molecular formula is C14H12N4O. The lowest BCUT2D eigenvalue weighted by atomic mass is 10.2. The Morgan fingerprint density at radius 2 is 2.05 bits per heavy atom. The Kier molecular flexibility index (Phi) is 4.19. The van der Waals surface area contributed by atoms with E-state index >= 15 is 0 Å². The summed E-state index contributed by atoms with van der Waals surface area (Å²) in [6.07, 6.45) is 4.16. The topological polar surface area (TPSA) is 78.7 Å². The molecule has 5 heteroatoms. The van der Waals surface area contributed by atoms with E-state index in [1.54, 1.807) is 30.6 Å². The van der Waals surface area contributed by atoms with Gasteiger partial charge in [-0.2, -0.15) is 5.26 Å². The van der Waals surface area contributed by atoms with Crippen LogP contribution in [0.25, 0.3) is 0 Å². The van der Waals surface area contributed by atoms with E-state index in [1.807, 2.05) is 18.2 Å². The zero-order chi connectivity index (χ0) is 13.5. The predicted octanol–water partition coefficient (Wildman–Crippen LogP) is 1.32. The molecule has 0 aromatic carbocycles. The highest BCUT2D eigenvalue weighted by atomic mass is 16.1. The SMILES string of the molecule is N#Cc1cccc(C(=O)NCCc2ccncc2)n1. The number of nitrogens with zero attached hydrogens (tertiary/aromatic N) is 3. The number of carbonyl (C=O) groups excluding carboxylic acids is 1.